The molecule has 0 aliphatic carbocycles. The lowest BCUT2D eigenvalue weighted by molar-refractivity contribution is 0.588. The molecule has 0 aromatic heterocycles. The standard InChI is InChI=1S/C25H19F2NS2/c1-2-3-14-30-22-12-8-19(9-13-22)5-4-18-6-10-20(11-7-18)21-15-23(26)25(28-17-29)24(27)16-21/h6-13,15-16H,2-3,14H2,1H3. The first-order valence-corrected chi connectivity index (χ1v) is 10.9. The molecule has 0 aliphatic rings. The molecule has 0 saturated heterocycles. The fourth-order valence-electron chi connectivity index (χ4n) is 2.74. The van der Waals surface area contributed by atoms with Gasteiger partial charge < -0.3 is 0 Å². The zero-order valence-corrected chi connectivity index (χ0v) is 18.0. The van der Waals surface area contributed by atoms with Crippen molar-refractivity contribution in [2.24, 2.45) is 4.99 Å². The molecule has 1 nitrogen and oxygen atoms in total. The van der Waals surface area contributed by atoms with Crippen molar-refractivity contribution < 1.29 is 8.78 Å². The van der Waals surface area contributed by atoms with Crippen LogP contribution in [0.25, 0.3) is 11.1 Å². The van der Waals surface area contributed by atoms with Gasteiger partial charge in [0.25, 0.3) is 0 Å². The van der Waals surface area contributed by atoms with Gasteiger partial charge in [0.05, 0.1) is 5.16 Å². The molecule has 0 unspecified atom stereocenters. The van der Waals surface area contributed by atoms with Gasteiger partial charge in [0, 0.05) is 16.0 Å². The molecule has 5 heteroatoms. The van der Waals surface area contributed by atoms with E-state index in [0.717, 1.165) is 16.9 Å². The number of hydrogen-bond donors (Lipinski definition) is 0. The van der Waals surface area contributed by atoms with Crippen LogP contribution in [0.5, 0.6) is 0 Å². The van der Waals surface area contributed by atoms with Crippen LogP contribution in [0.3, 0.4) is 0 Å². The Morgan fingerprint density at radius 2 is 1.43 bits per heavy atom. The highest BCUT2D eigenvalue weighted by atomic mass is 32.2. The van der Waals surface area contributed by atoms with Crippen LogP contribution in [0.1, 0.15) is 30.9 Å². The molecule has 3 rings (SSSR count). The van der Waals surface area contributed by atoms with Gasteiger partial charge in [0.2, 0.25) is 0 Å². The van der Waals surface area contributed by atoms with Crippen LogP contribution >= 0.6 is 24.0 Å². The number of hydrogen-bond acceptors (Lipinski definition) is 3. The van der Waals surface area contributed by atoms with Crippen molar-refractivity contribution in [1.29, 1.82) is 0 Å². The summed E-state index contributed by atoms with van der Waals surface area (Å²) in [6.07, 6.45) is 2.42. The van der Waals surface area contributed by atoms with Gasteiger partial charge in [-0.25, -0.2) is 8.78 Å². The molecule has 30 heavy (non-hydrogen) atoms. The number of unbranched alkanes of at least 4 members (excludes halogenated alkanes) is 1. The van der Waals surface area contributed by atoms with Crippen LogP contribution < -0.4 is 0 Å². The highest BCUT2D eigenvalue weighted by Crippen LogP contribution is 2.29. The molecule has 3 aromatic rings. The lowest BCUT2D eigenvalue weighted by Crippen LogP contribution is -1.87. The third-order valence-electron chi connectivity index (χ3n) is 4.36. The number of nitrogens with zero attached hydrogens (tertiary/aromatic N) is 1. The fourth-order valence-corrected chi connectivity index (χ4v) is 3.83. The second-order valence-corrected chi connectivity index (χ2v) is 7.90. The SMILES string of the molecule is CCCCSc1ccc(C#Cc2ccc(-c3cc(F)c(N=C=S)c(F)c3)cc2)cc1. The molecular weight excluding hydrogens is 416 g/mol. The Kier molecular flexibility index (Phi) is 7.93. The van der Waals surface area contributed by atoms with Gasteiger partial charge in [-0.2, -0.15) is 4.99 Å². The molecule has 0 atom stereocenters. The molecule has 0 fully saturated rings. The third kappa shape index (κ3) is 5.87. The number of thiocarbonyl (C=S) groups is 1. The predicted octanol–water partition coefficient (Wildman–Crippen LogP) is 7.66. The van der Waals surface area contributed by atoms with Crippen molar-refractivity contribution in [3.05, 3.63) is 83.4 Å². The van der Waals surface area contributed by atoms with Gasteiger partial charge in [0.15, 0.2) is 11.6 Å². The molecule has 3 aromatic carbocycles. The van der Waals surface area contributed by atoms with E-state index in [4.69, 9.17) is 0 Å². The van der Waals surface area contributed by atoms with Crippen molar-refractivity contribution in [3.63, 3.8) is 0 Å². The number of halogens is 2. The Bertz CT molecular complexity index is 1100. The summed E-state index contributed by atoms with van der Waals surface area (Å²) in [6, 6.07) is 17.9. The fraction of sp³-hybridized carbons (Fsp3) is 0.160. The summed E-state index contributed by atoms with van der Waals surface area (Å²) < 4.78 is 28.1. The Labute approximate surface area is 185 Å². The first-order chi connectivity index (χ1) is 14.6. The maximum absolute atomic E-state index is 14.0. The Hall–Kier alpha value is -2.77. The monoisotopic (exact) mass is 435 g/mol. The van der Waals surface area contributed by atoms with Crippen molar-refractivity contribution in [2.75, 3.05) is 5.75 Å². The smallest absolute Gasteiger partial charge is 0.153 e. The number of rotatable bonds is 6. The van der Waals surface area contributed by atoms with Crippen molar-refractivity contribution in [1.82, 2.24) is 0 Å². The molecule has 0 heterocycles. The van der Waals surface area contributed by atoms with Crippen LogP contribution in [0.2, 0.25) is 0 Å². The first-order valence-electron chi connectivity index (χ1n) is 9.53. The van der Waals surface area contributed by atoms with Crippen LogP contribution in [-0.4, -0.2) is 10.9 Å². The number of isothiocyanates is 1. The number of thioether (sulfide) groups is 1. The van der Waals surface area contributed by atoms with Gasteiger partial charge in [-0.1, -0.05) is 37.3 Å². The van der Waals surface area contributed by atoms with Gasteiger partial charge >= 0.3 is 0 Å². The highest BCUT2D eigenvalue weighted by molar-refractivity contribution is 7.99. The molecule has 150 valence electrons. The van der Waals surface area contributed by atoms with E-state index in [-0.39, 0.29) is 0 Å². The molecule has 0 spiro atoms. The van der Waals surface area contributed by atoms with Gasteiger partial charge in [-0.15, -0.1) is 11.8 Å². The minimum atomic E-state index is -0.775. The lowest BCUT2D eigenvalue weighted by Gasteiger charge is -2.05. The van der Waals surface area contributed by atoms with E-state index in [9.17, 15) is 8.78 Å². The topological polar surface area (TPSA) is 12.4 Å². The van der Waals surface area contributed by atoms with E-state index in [1.807, 2.05) is 41.2 Å². The Balaban J connectivity index is 1.72. The zero-order valence-electron chi connectivity index (χ0n) is 16.4. The van der Waals surface area contributed by atoms with Crippen LogP contribution in [0.4, 0.5) is 14.5 Å². The average molecular weight is 436 g/mol. The summed E-state index contributed by atoms with van der Waals surface area (Å²) in [5, 5.41) is 1.99. The third-order valence-corrected chi connectivity index (χ3v) is 5.55. The molecular formula is C25H19F2NS2. The Morgan fingerprint density at radius 3 is 1.97 bits per heavy atom. The first kappa shape index (κ1) is 21.9. The minimum Gasteiger partial charge on any atom is -0.204 e. The summed E-state index contributed by atoms with van der Waals surface area (Å²) in [5.41, 5.74) is 2.44. The van der Waals surface area contributed by atoms with E-state index in [1.54, 1.807) is 12.1 Å². The lowest BCUT2D eigenvalue weighted by atomic mass is 10.0. The van der Waals surface area contributed by atoms with Crippen molar-refractivity contribution in [3.8, 4) is 23.0 Å². The summed E-state index contributed by atoms with van der Waals surface area (Å²) in [5.74, 6) is 5.84. The maximum atomic E-state index is 14.0. The maximum Gasteiger partial charge on any atom is 0.153 e. The van der Waals surface area contributed by atoms with Crippen LogP contribution in [0, 0.1) is 23.5 Å². The van der Waals surface area contributed by atoms with E-state index >= 15 is 0 Å². The van der Waals surface area contributed by atoms with Gasteiger partial charge in [-0.3, -0.25) is 0 Å². The molecule has 0 N–H and O–H groups in total. The Morgan fingerprint density at radius 1 is 0.867 bits per heavy atom. The van der Waals surface area contributed by atoms with Crippen molar-refractivity contribution >= 4 is 34.8 Å². The zero-order chi connectivity index (χ0) is 21.3. The van der Waals surface area contributed by atoms with E-state index in [2.05, 4.69) is 48.1 Å². The molecule has 0 amide bonds. The minimum absolute atomic E-state index is 0.420. The normalized spacial score (nSPS) is 10.1. The summed E-state index contributed by atoms with van der Waals surface area (Å²) in [7, 11) is 0. The van der Waals surface area contributed by atoms with E-state index < -0.39 is 17.3 Å². The summed E-state index contributed by atoms with van der Waals surface area (Å²) >= 11 is 6.27. The van der Waals surface area contributed by atoms with E-state index in [1.165, 1.54) is 29.9 Å². The van der Waals surface area contributed by atoms with E-state index in [0.29, 0.717) is 11.1 Å². The van der Waals surface area contributed by atoms with Crippen molar-refractivity contribution in [2.45, 2.75) is 24.7 Å². The summed E-state index contributed by atoms with van der Waals surface area (Å²) in [6.45, 7) is 2.19. The molecule has 0 bridgehead atoms. The van der Waals surface area contributed by atoms with Crippen LogP contribution in [-0.2, 0) is 0 Å². The molecule has 0 saturated carbocycles. The highest BCUT2D eigenvalue weighted by Gasteiger charge is 2.11. The largest absolute Gasteiger partial charge is 0.204 e. The quantitative estimate of drug-likeness (QED) is 0.130. The summed E-state index contributed by atoms with van der Waals surface area (Å²) in [4.78, 5) is 4.68. The number of aliphatic imine (C=N–C) groups is 1. The molecule has 0 aliphatic heterocycles. The second kappa shape index (κ2) is 10.8. The number of benzene rings is 3. The van der Waals surface area contributed by atoms with Gasteiger partial charge in [0.1, 0.15) is 5.69 Å². The van der Waals surface area contributed by atoms with Gasteiger partial charge in [-0.05, 0) is 84.0 Å². The van der Waals surface area contributed by atoms with Crippen LogP contribution in [0.15, 0.2) is 70.6 Å². The molecule has 0 radical (unpaired) electrons. The predicted molar refractivity (Wildman–Crippen MR) is 125 cm³/mol. The average Bonchev–Trinajstić information content (AvgIpc) is 2.76. The second-order valence-electron chi connectivity index (χ2n) is 6.55.